The predicted molar refractivity (Wildman–Crippen MR) is 80.3 cm³/mol. The third-order valence-corrected chi connectivity index (χ3v) is 4.37. The van der Waals surface area contributed by atoms with Crippen LogP contribution in [-0.2, 0) is 0 Å². The highest BCUT2D eigenvalue weighted by atomic mass is 16.3. The Morgan fingerprint density at radius 3 is 2.37 bits per heavy atom. The Kier molecular flexibility index (Phi) is 5.00. The van der Waals surface area contributed by atoms with Crippen LogP contribution < -0.4 is 0 Å². The van der Waals surface area contributed by atoms with Crippen LogP contribution in [0.2, 0.25) is 0 Å². The SMILES string of the molecule is CCC1CCN(CC(O)c2ccc(C(C)C)cc2)C1. The predicted octanol–water partition coefficient (Wildman–Crippen LogP) is 3.58. The molecule has 0 radical (unpaired) electrons. The second-order valence-electron chi connectivity index (χ2n) is 6.16. The molecule has 1 N–H and O–H groups in total. The molecule has 1 aromatic rings. The van der Waals surface area contributed by atoms with E-state index in [-0.39, 0.29) is 6.10 Å². The lowest BCUT2D eigenvalue weighted by Gasteiger charge is -2.20. The van der Waals surface area contributed by atoms with Crippen LogP contribution in [0.1, 0.15) is 56.8 Å². The van der Waals surface area contributed by atoms with Crippen molar-refractivity contribution in [1.29, 1.82) is 0 Å². The van der Waals surface area contributed by atoms with Gasteiger partial charge in [-0.1, -0.05) is 51.5 Å². The standard InChI is InChI=1S/C17H27NO/c1-4-14-9-10-18(11-14)12-17(19)16-7-5-15(6-8-16)13(2)3/h5-8,13-14,17,19H,4,9-12H2,1-3H3. The van der Waals surface area contributed by atoms with Crippen LogP contribution in [0.5, 0.6) is 0 Å². The highest BCUT2D eigenvalue weighted by Crippen LogP contribution is 2.23. The number of rotatable bonds is 5. The van der Waals surface area contributed by atoms with Crippen molar-refractivity contribution < 1.29 is 5.11 Å². The number of likely N-dealkylation sites (tertiary alicyclic amines) is 1. The van der Waals surface area contributed by atoms with Gasteiger partial charge in [-0.25, -0.2) is 0 Å². The van der Waals surface area contributed by atoms with Crippen LogP contribution in [0.25, 0.3) is 0 Å². The number of benzene rings is 1. The van der Waals surface area contributed by atoms with E-state index in [0.717, 1.165) is 31.1 Å². The molecule has 2 nitrogen and oxygen atoms in total. The van der Waals surface area contributed by atoms with Crippen molar-refractivity contribution in [3.05, 3.63) is 35.4 Å². The Bertz CT molecular complexity index is 385. The summed E-state index contributed by atoms with van der Waals surface area (Å²) >= 11 is 0. The number of β-amino-alcohol motifs (C(OH)–C–C–N with tert-alkyl or cyclic N) is 1. The van der Waals surface area contributed by atoms with Gasteiger partial charge in [-0.05, 0) is 35.9 Å². The van der Waals surface area contributed by atoms with Crippen LogP contribution in [0.3, 0.4) is 0 Å². The topological polar surface area (TPSA) is 23.5 Å². The molecule has 0 amide bonds. The second kappa shape index (κ2) is 6.53. The first kappa shape index (κ1) is 14.5. The fraction of sp³-hybridized carbons (Fsp3) is 0.647. The summed E-state index contributed by atoms with van der Waals surface area (Å²) < 4.78 is 0. The maximum absolute atomic E-state index is 10.3. The molecule has 0 aromatic heterocycles. The van der Waals surface area contributed by atoms with E-state index in [1.807, 2.05) is 0 Å². The van der Waals surface area contributed by atoms with E-state index < -0.39 is 0 Å². The van der Waals surface area contributed by atoms with Crippen molar-refractivity contribution in [2.45, 2.75) is 45.6 Å². The van der Waals surface area contributed by atoms with E-state index in [4.69, 9.17) is 0 Å². The summed E-state index contributed by atoms with van der Waals surface area (Å²) in [4.78, 5) is 2.40. The molecule has 0 saturated carbocycles. The summed E-state index contributed by atoms with van der Waals surface area (Å²) in [6.45, 7) is 9.71. The Morgan fingerprint density at radius 2 is 1.84 bits per heavy atom. The molecule has 19 heavy (non-hydrogen) atoms. The normalized spacial score (nSPS) is 22.1. The third-order valence-electron chi connectivity index (χ3n) is 4.37. The molecule has 0 aliphatic carbocycles. The van der Waals surface area contributed by atoms with Gasteiger partial charge in [-0.2, -0.15) is 0 Å². The summed E-state index contributed by atoms with van der Waals surface area (Å²) in [7, 11) is 0. The maximum Gasteiger partial charge on any atom is 0.0916 e. The van der Waals surface area contributed by atoms with Crippen LogP contribution in [0.4, 0.5) is 0 Å². The van der Waals surface area contributed by atoms with Gasteiger partial charge in [0.25, 0.3) is 0 Å². The zero-order valence-corrected chi connectivity index (χ0v) is 12.5. The molecule has 2 heteroatoms. The molecule has 0 bridgehead atoms. The van der Waals surface area contributed by atoms with E-state index in [1.54, 1.807) is 0 Å². The zero-order chi connectivity index (χ0) is 13.8. The highest BCUT2D eigenvalue weighted by molar-refractivity contribution is 5.26. The van der Waals surface area contributed by atoms with E-state index in [1.165, 1.54) is 18.4 Å². The molecule has 1 fully saturated rings. The number of aliphatic hydroxyl groups excluding tert-OH is 1. The van der Waals surface area contributed by atoms with E-state index in [2.05, 4.69) is 49.9 Å². The second-order valence-corrected chi connectivity index (χ2v) is 6.16. The van der Waals surface area contributed by atoms with Crippen LogP contribution in [-0.4, -0.2) is 29.6 Å². The maximum atomic E-state index is 10.3. The van der Waals surface area contributed by atoms with E-state index in [0.29, 0.717) is 5.92 Å². The highest BCUT2D eigenvalue weighted by Gasteiger charge is 2.23. The first-order chi connectivity index (χ1) is 9.10. The lowest BCUT2D eigenvalue weighted by Crippen LogP contribution is -2.26. The fourth-order valence-electron chi connectivity index (χ4n) is 2.86. The third kappa shape index (κ3) is 3.80. The van der Waals surface area contributed by atoms with Gasteiger partial charge < -0.3 is 10.0 Å². The fourth-order valence-corrected chi connectivity index (χ4v) is 2.86. The van der Waals surface area contributed by atoms with Crippen molar-refractivity contribution in [3.8, 4) is 0 Å². The molecule has 1 aromatic carbocycles. The zero-order valence-electron chi connectivity index (χ0n) is 12.5. The molecule has 1 aliphatic heterocycles. The molecule has 2 atom stereocenters. The smallest absolute Gasteiger partial charge is 0.0916 e. The van der Waals surface area contributed by atoms with Crippen LogP contribution in [0.15, 0.2) is 24.3 Å². The van der Waals surface area contributed by atoms with Gasteiger partial charge in [0, 0.05) is 13.1 Å². The quantitative estimate of drug-likeness (QED) is 0.876. The molecular weight excluding hydrogens is 234 g/mol. The van der Waals surface area contributed by atoms with Gasteiger partial charge >= 0.3 is 0 Å². The molecular formula is C17H27NO. The Labute approximate surface area is 117 Å². The minimum absolute atomic E-state index is 0.350. The van der Waals surface area contributed by atoms with Crippen LogP contribution in [0, 0.1) is 5.92 Å². The van der Waals surface area contributed by atoms with Gasteiger partial charge in [0.05, 0.1) is 6.10 Å². The molecule has 1 aliphatic rings. The summed E-state index contributed by atoms with van der Waals surface area (Å²) in [6.07, 6.45) is 2.20. The number of nitrogens with zero attached hydrogens (tertiary/aromatic N) is 1. The van der Waals surface area contributed by atoms with Gasteiger partial charge in [0.2, 0.25) is 0 Å². The van der Waals surface area contributed by atoms with Gasteiger partial charge in [-0.15, -0.1) is 0 Å². The van der Waals surface area contributed by atoms with Crippen molar-refractivity contribution in [2.75, 3.05) is 19.6 Å². The van der Waals surface area contributed by atoms with Crippen molar-refractivity contribution in [2.24, 2.45) is 5.92 Å². The van der Waals surface area contributed by atoms with Crippen molar-refractivity contribution in [1.82, 2.24) is 4.90 Å². The summed E-state index contributed by atoms with van der Waals surface area (Å²) in [6, 6.07) is 8.44. The lowest BCUT2D eigenvalue weighted by atomic mass is 10.00. The largest absolute Gasteiger partial charge is 0.387 e. The number of hydrogen-bond acceptors (Lipinski definition) is 2. The monoisotopic (exact) mass is 261 g/mol. The molecule has 106 valence electrons. The number of aliphatic hydroxyl groups is 1. The van der Waals surface area contributed by atoms with Gasteiger partial charge in [0.1, 0.15) is 0 Å². The molecule has 1 saturated heterocycles. The molecule has 2 unspecified atom stereocenters. The van der Waals surface area contributed by atoms with Gasteiger partial charge in [0.15, 0.2) is 0 Å². The van der Waals surface area contributed by atoms with Crippen molar-refractivity contribution in [3.63, 3.8) is 0 Å². The summed E-state index contributed by atoms with van der Waals surface area (Å²) in [5.41, 5.74) is 2.38. The molecule has 2 rings (SSSR count). The Hall–Kier alpha value is -0.860. The Morgan fingerprint density at radius 1 is 1.21 bits per heavy atom. The lowest BCUT2D eigenvalue weighted by molar-refractivity contribution is 0.124. The minimum atomic E-state index is -0.350. The molecule has 0 spiro atoms. The first-order valence-corrected chi connectivity index (χ1v) is 7.60. The Balaban J connectivity index is 1.91. The molecule has 1 heterocycles. The van der Waals surface area contributed by atoms with E-state index in [9.17, 15) is 5.11 Å². The number of hydrogen-bond donors (Lipinski definition) is 1. The summed E-state index contributed by atoms with van der Waals surface area (Å²) in [5.74, 6) is 1.38. The average molecular weight is 261 g/mol. The van der Waals surface area contributed by atoms with Crippen LogP contribution >= 0.6 is 0 Å². The minimum Gasteiger partial charge on any atom is -0.387 e. The average Bonchev–Trinajstić information content (AvgIpc) is 2.86. The van der Waals surface area contributed by atoms with Gasteiger partial charge in [-0.3, -0.25) is 0 Å². The van der Waals surface area contributed by atoms with Crippen molar-refractivity contribution >= 4 is 0 Å². The van der Waals surface area contributed by atoms with E-state index >= 15 is 0 Å². The first-order valence-electron chi connectivity index (χ1n) is 7.60. The summed E-state index contributed by atoms with van der Waals surface area (Å²) in [5, 5.41) is 10.3.